The van der Waals surface area contributed by atoms with Crippen molar-refractivity contribution in [3.63, 3.8) is 0 Å². The van der Waals surface area contributed by atoms with E-state index in [2.05, 4.69) is 10.3 Å². The van der Waals surface area contributed by atoms with Crippen LogP contribution in [0.25, 0.3) is 0 Å². The lowest BCUT2D eigenvalue weighted by atomic mass is 9.93. The third kappa shape index (κ3) is 6.60. The fraction of sp³-hybridized carbons (Fsp3) is 0.435. The fourth-order valence-corrected chi connectivity index (χ4v) is 3.95. The van der Waals surface area contributed by atoms with E-state index < -0.39 is 12.1 Å². The second kappa shape index (κ2) is 11.2. The highest BCUT2D eigenvalue weighted by atomic mass is 19.4. The first-order valence-electron chi connectivity index (χ1n) is 10.8. The number of carboxylic acid groups (broad SMARTS) is 1. The number of benzene rings is 1. The first-order chi connectivity index (χ1) is 16.2. The zero-order chi connectivity index (χ0) is 24.7. The van der Waals surface area contributed by atoms with Crippen LogP contribution in [-0.4, -0.2) is 72.0 Å². The molecular formula is C23H26F3N3O5. The van der Waals surface area contributed by atoms with E-state index in [-0.39, 0.29) is 12.0 Å². The van der Waals surface area contributed by atoms with Crippen LogP contribution in [0.15, 0.2) is 48.7 Å². The molecule has 4 rings (SSSR count). The number of alkyl halides is 3. The molecule has 3 atom stereocenters. The molecule has 2 fully saturated rings. The lowest BCUT2D eigenvalue weighted by Gasteiger charge is -2.20. The maximum Gasteiger partial charge on any atom is 0.490 e. The predicted molar refractivity (Wildman–Crippen MR) is 117 cm³/mol. The number of ether oxygens (including phenoxy) is 2. The number of nitrogens with zero attached hydrogens (tertiary/aromatic N) is 2. The number of aromatic nitrogens is 1. The van der Waals surface area contributed by atoms with Gasteiger partial charge < -0.3 is 24.8 Å². The lowest BCUT2D eigenvalue weighted by Crippen LogP contribution is -2.32. The van der Waals surface area contributed by atoms with Crippen LogP contribution in [-0.2, 0) is 9.53 Å². The number of halogens is 3. The highest BCUT2D eigenvalue weighted by Gasteiger charge is 2.45. The van der Waals surface area contributed by atoms with Gasteiger partial charge in [-0.3, -0.25) is 4.79 Å². The Morgan fingerprint density at radius 3 is 2.65 bits per heavy atom. The second-order valence-electron chi connectivity index (χ2n) is 7.87. The lowest BCUT2D eigenvalue weighted by molar-refractivity contribution is -0.192. The number of hydrogen-bond acceptors (Lipinski definition) is 6. The zero-order valence-corrected chi connectivity index (χ0v) is 18.5. The quantitative estimate of drug-likeness (QED) is 0.653. The molecule has 2 aliphatic heterocycles. The Hall–Kier alpha value is -3.34. The van der Waals surface area contributed by atoms with Gasteiger partial charge in [0.2, 0.25) is 0 Å². The molecule has 0 aliphatic carbocycles. The van der Waals surface area contributed by atoms with Gasteiger partial charge in [0.25, 0.3) is 5.91 Å². The van der Waals surface area contributed by atoms with E-state index in [4.69, 9.17) is 19.4 Å². The molecule has 0 bridgehead atoms. The van der Waals surface area contributed by atoms with E-state index in [0.29, 0.717) is 30.6 Å². The van der Waals surface area contributed by atoms with Gasteiger partial charge in [-0.15, -0.1) is 0 Å². The molecule has 1 aromatic heterocycles. The van der Waals surface area contributed by atoms with Crippen molar-refractivity contribution in [2.24, 2.45) is 11.8 Å². The average Bonchev–Trinajstić information content (AvgIpc) is 3.39. The minimum absolute atomic E-state index is 0.0472. The Morgan fingerprint density at radius 1 is 1.24 bits per heavy atom. The Kier molecular flexibility index (Phi) is 8.32. The number of nitrogens with one attached hydrogen (secondary N) is 1. The number of carbonyl (C=O) groups excluding carboxylic acids is 1. The number of aliphatic carboxylic acids is 1. The monoisotopic (exact) mass is 481 g/mol. The summed E-state index contributed by atoms with van der Waals surface area (Å²) in [5.41, 5.74) is 0.670. The average molecular weight is 481 g/mol. The Bertz CT molecular complexity index is 974. The van der Waals surface area contributed by atoms with Gasteiger partial charge in [-0.1, -0.05) is 12.1 Å². The van der Waals surface area contributed by atoms with Crippen LogP contribution >= 0.6 is 0 Å². The van der Waals surface area contributed by atoms with Gasteiger partial charge in [0, 0.05) is 43.2 Å². The third-order valence-corrected chi connectivity index (χ3v) is 5.57. The van der Waals surface area contributed by atoms with Crippen molar-refractivity contribution in [3.05, 3.63) is 54.2 Å². The predicted octanol–water partition coefficient (Wildman–Crippen LogP) is 3.31. The highest BCUT2D eigenvalue weighted by Crippen LogP contribution is 2.34. The van der Waals surface area contributed by atoms with Gasteiger partial charge in [-0.05, 0) is 37.3 Å². The summed E-state index contributed by atoms with van der Waals surface area (Å²) >= 11 is 0. The molecule has 2 N–H and O–H groups in total. The molecule has 8 nitrogen and oxygen atoms in total. The molecule has 2 aromatic rings. The van der Waals surface area contributed by atoms with Crippen molar-refractivity contribution < 1.29 is 37.3 Å². The Balaban J connectivity index is 0.000000406. The summed E-state index contributed by atoms with van der Waals surface area (Å²) in [6.07, 6.45) is -3.18. The summed E-state index contributed by atoms with van der Waals surface area (Å²) in [5, 5.41) is 10.5. The van der Waals surface area contributed by atoms with E-state index in [9.17, 15) is 18.0 Å². The molecule has 2 saturated heterocycles. The first-order valence-corrected chi connectivity index (χ1v) is 10.8. The second-order valence-corrected chi connectivity index (χ2v) is 7.87. The molecule has 1 aromatic carbocycles. The summed E-state index contributed by atoms with van der Waals surface area (Å²) in [7, 11) is 0. The zero-order valence-electron chi connectivity index (χ0n) is 18.5. The van der Waals surface area contributed by atoms with E-state index in [1.54, 1.807) is 6.20 Å². The first kappa shape index (κ1) is 25.3. The molecule has 11 heteroatoms. The van der Waals surface area contributed by atoms with Crippen molar-refractivity contribution in [1.82, 2.24) is 9.88 Å². The molecular weight excluding hydrogens is 455 g/mol. The molecule has 0 unspecified atom stereocenters. The number of fused-ring (bicyclic) bond motifs is 1. The molecule has 2 aliphatic rings. The van der Waals surface area contributed by atoms with Crippen LogP contribution in [0.5, 0.6) is 5.75 Å². The number of carbonyl (C=O) groups is 2. The largest absolute Gasteiger partial charge is 0.494 e. The Labute approximate surface area is 194 Å². The van der Waals surface area contributed by atoms with Gasteiger partial charge in [-0.2, -0.15) is 13.2 Å². The number of rotatable bonds is 6. The van der Waals surface area contributed by atoms with Crippen molar-refractivity contribution >= 4 is 17.7 Å². The maximum atomic E-state index is 12.9. The van der Waals surface area contributed by atoms with Crippen molar-refractivity contribution in [3.8, 4) is 5.75 Å². The number of anilines is 1. The standard InChI is InChI=1S/C21H25N3O3.C2HF3O2/c1-2-26-17-7-5-6-15(10-17)21(25)24-12-18-16(14-27-19(18)13-24)11-23-20-8-3-4-9-22-20;3-2(4,5)1(6)7/h3-10,16,18-19H,2,11-14H2,1H3,(H,22,23);(H,6,7)/t16-,18+,19+;/m0./s1. The van der Waals surface area contributed by atoms with E-state index in [1.807, 2.05) is 54.3 Å². The summed E-state index contributed by atoms with van der Waals surface area (Å²) in [5.74, 6) is -0.362. The van der Waals surface area contributed by atoms with Gasteiger partial charge in [0.05, 0.1) is 19.3 Å². The third-order valence-electron chi connectivity index (χ3n) is 5.57. The highest BCUT2D eigenvalue weighted by molar-refractivity contribution is 5.94. The molecule has 0 radical (unpaired) electrons. The molecule has 0 spiro atoms. The van der Waals surface area contributed by atoms with Gasteiger partial charge >= 0.3 is 12.1 Å². The van der Waals surface area contributed by atoms with Gasteiger partial charge in [-0.25, -0.2) is 9.78 Å². The van der Waals surface area contributed by atoms with Gasteiger partial charge in [0.15, 0.2) is 0 Å². The van der Waals surface area contributed by atoms with Crippen LogP contribution in [0.4, 0.5) is 19.0 Å². The van der Waals surface area contributed by atoms with Crippen LogP contribution in [0.3, 0.4) is 0 Å². The van der Waals surface area contributed by atoms with Crippen LogP contribution in [0.1, 0.15) is 17.3 Å². The number of carboxylic acids is 1. The Morgan fingerprint density at radius 2 is 2.00 bits per heavy atom. The van der Waals surface area contributed by atoms with Crippen molar-refractivity contribution in [2.45, 2.75) is 19.2 Å². The van der Waals surface area contributed by atoms with E-state index >= 15 is 0 Å². The topological polar surface area (TPSA) is 101 Å². The minimum Gasteiger partial charge on any atom is -0.494 e. The fourth-order valence-electron chi connectivity index (χ4n) is 3.95. The molecule has 34 heavy (non-hydrogen) atoms. The van der Waals surface area contributed by atoms with Crippen LogP contribution < -0.4 is 10.1 Å². The van der Waals surface area contributed by atoms with Crippen LogP contribution in [0.2, 0.25) is 0 Å². The number of amides is 1. The van der Waals surface area contributed by atoms with E-state index in [0.717, 1.165) is 31.3 Å². The molecule has 184 valence electrons. The smallest absolute Gasteiger partial charge is 0.490 e. The summed E-state index contributed by atoms with van der Waals surface area (Å²) < 4.78 is 43.2. The van der Waals surface area contributed by atoms with Gasteiger partial charge in [0.1, 0.15) is 11.6 Å². The molecule has 3 heterocycles. The maximum absolute atomic E-state index is 12.9. The minimum atomic E-state index is -5.08. The molecule has 1 amide bonds. The summed E-state index contributed by atoms with van der Waals surface area (Å²) in [6, 6.07) is 13.2. The van der Waals surface area contributed by atoms with E-state index in [1.165, 1.54) is 0 Å². The molecule has 0 saturated carbocycles. The van der Waals surface area contributed by atoms with Crippen LogP contribution in [0, 0.1) is 11.8 Å². The summed E-state index contributed by atoms with van der Waals surface area (Å²) in [4.78, 5) is 28.0. The van der Waals surface area contributed by atoms with Crippen molar-refractivity contribution in [1.29, 1.82) is 0 Å². The van der Waals surface area contributed by atoms with Crippen molar-refractivity contribution in [2.75, 3.05) is 38.2 Å². The number of hydrogen-bond donors (Lipinski definition) is 2. The number of likely N-dealkylation sites (tertiary alicyclic amines) is 1. The summed E-state index contributed by atoms with van der Waals surface area (Å²) in [6.45, 7) is 5.45. The normalized spacial score (nSPS) is 21.3. The SMILES string of the molecule is CCOc1cccc(C(=O)N2C[C@@H]3[C@@H](CNc4ccccn4)CO[C@@H]3C2)c1.O=C(O)C(F)(F)F. The number of pyridine rings is 1.